The molecule has 65 heavy (non-hydrogen) atoms. The van der Waals surface area contributed by atoms with Gasteiger partial charge < -0.3 is 25.4 Å². The van der Waals surface area contributed by atoms with Gasteiger partial charge in [-0.15, -0.1) is 11.3 Å². The van der Waals surface area contributed by atoms with E-state index in [1.54, 1.807) is 71.5 Å². The Morgan fingerprint density at radius 2 is 1.60 bits per heavy atom. The zero-order valence-electron chi connectivity index (χ0n) is 37.0. The number of hydrogen-bond acceptors (Lipinski definition) is 11. The summed E-state index contributed by atoms with van der Waals surface area (Å²) in [5, 5.41) is 25.2. The van der Waals surface area contributed by atoms with Crippen LogP contribution in [0.4, 0.5) is 4.79 Å². The summed E-state index contributed by atoms with van der Waals surface area (Å²) in [6, 6.07) is 25.7. The number of likely N-dealkylation sites (tertiary alicyclic amines) is 1. The maximum absolute atomic E-state index is 14.1. The van der Waals surface area contributed by atoms with Crippen LogP contribution in [0.25, 0.3) is 16.5 Å². The van der Waals surface area contributed by atoms with Gasteiger partial charge in [-0.1, -0.05) is 75.4 Å². The fraction of sp³-hybridized carbons (Fsp3) is 0.300. The number of hydrogen-bond donors (Lipinski definition) is 3. The second-order valence-corrected chi connectivity index (χ2v) is 19.3. The van der Waals surface area contributed by atoms with Crippen molar-refractivity contribution in [3.63, 3.8) is 0 Å². The lowest BCUT2D eigenvalue weighted by Crippen LogP contribution is -2.58. The number of imide groups is 1. The van der Waals surface area contributed by atoms with Crippen LogP contribution in [0.3, 0.4) is 0 Å². The predicted octanol–water partition coefficient (Wildman–Crippen LogP) is 7.99. The van der Waals surface area contributed by atoms with Crippen LogP contribution in [0, 0.1) is 37.5 Å². The number of rotatable bonds is 13. The second-order valence-electron chi connectivity index (χ2n) is 17.4. The Morgan fingerprint density at radius 1 is 0.938 bits per heavy atom. The summed E-state index contributed by atoms with van der Waals surface area (Å²) in [4.78, 5) is 75.8. The van der Waals surface area contributed by atoms with Crippen molar-refractivity contribution in [2.75, 3.05) is 6.54 Å². The first kappa shape index (κ1) is 46.4. The fourth-order valence-corrected chi connectivity index (χ4v) is 9.39. The van der Waals surface area contributed by atoms with Crippen LogP contribution in [-0.4, -0.2) is 73.5 Å². The smallest absolute Gasteiger partial charge is 0.293 e. The first-order valence-corrected chi connectivity index (χ1v) is 22.8. The molecule has 7 rings (SSSR count). The van der Waals surface area contributed by atoms with Gasteiger partial charge in [0.25, 0.3) is 11.1 Å². The highest BCUT2D eigenvalue weighted by Crippen LogP contribution is 2.35. The van der Waals surface area contributed by atoms with Crippen LogP contribution in [0.15, 0.2) is 95.3 Å². The number of nitrogens with one attached hydrogen (secondary N) is 2. The van der Waals surface area contributed by atoms with Gasteiger partial charge in [0.1, 0.15) is 23.6 Å². The summed E-state index contributed by atoms with van der Waals surface area (Å²) < 4.78 is 6.09. The van der Waals surface area contributed by atoms with Crippen molar-refractivity contribution >= 4 is 58.0 Å². The molecule has 13 nitrogen and oxygen atoms in total. The van der Waals surface area contributed by atoms with E-state index in [-0.39, 0.29) is 38.4 Å². The van der Waals surface area contributed by atoms with Crippen molar-refractivity contribution in [2.45, 2.75) is 85.7 Å². The number of ether oxygens (including phenoxy) is 1. The molecule has 5 aromatic rings. The van der Waals surface area contributed by atoms with E-state index >= 15 is 0 Å². The van der Waals surface area contributed by atoms with Gasteiger partial charge in [-0.05, 0) is 113 Å². The van der Waals surface area contributed by atoms with Gasteiger partial charge in [-0.25, -0.2) is 4.98 Å². The molecule has 15 heteroatoms. The van der Waals surface area contributed by atoms with Crippen LogP contribution in [0.2, 0.25) is 0 Å². The molecule has 2 aliphatic heterocycles. The van der Waals surface area contributed by atoms with E-state index in [1.165, 1.54) is 9.80 Å². The SMILES string of the molecule is Cc1cc(C#N)ccc1Oc1ccc(/C=C2\SC(=O)N(Cc3ccc(CC(=O)N[C@H](C(=O)N4C[C@H](O)C[C@H]4C(=O)NCc4ccc(-c5scnc5C)cc4)C(C)(C)C)cc3)C2=O)cc1C. The van der Waals surface area contributed by atoms with E-state index in [0.717, 1.165) is 50.2 Å². The molecule has 2 aliphatic rings. The highest BCUT2D eigenvalue weighted by Gasteiger charge is 2.44. The van der Waals surface area contributed by atoms with E-state index in [0.29, 0.717) is 33.1 Å². The molecule has 0 spiro atoms. The quantitative estimate of drug-likeness (QED) is 0.0980. The Balaban J connectivity index is 0.930. The zero-order chi connectivity index (χ0) is 46.6. The Labute approximate surface area is 386 Å². The average Bonchev–Trinajstić information content (AvgIpc) is 3.96. The number of amides is 5. The minimum absolute atomic E-state index is 0.0362. The highest BCUT2D eigenvalue weighted by molar-refractivity contribution is 8.18. The summed E-state index contributed by atoms with van der Waals surface area (Å²) in [5.41, 5.74) is 8.23. The zero-order valence-corrected chi connectivity index (χ0v) is 38.6. The van der Waals surface area contributed by atoms with Crippen LogP contribution in [0.5, 0.6) is 11.5 Å². The van der Waals surface area contributed by atoms with Crippen molar-refractivity contribution < 1.29 is 33.8 Å². The molecule has 0 radical (unpaired) electrons. The normalized spacial score (nSPS) is 17.3. The lowest BCUT2D eigenvalue weighted by Gasteiger charge is -2.35. The highest BCUT2D eigenvalue weighted by atomic mass is 32.2. The number of carbonyl (C=O) groups excluding carboxylic acids is 5. The van der Waals surface area contributed by atoms with E-state index in [9.17, 15) is 29.1 Å². The molecule has 4 aromatic carbocycles. The molecule has 2 saturated heterocycles. The number of benzene rings is 4. The number of aliphatic hydroxyl groups excluding tert-OH is 1. The third-order valence-electron chi connectivity index (χ3n) is 11.3. The fourth-order valence-electron chi connectivity index (χ4n) is 7.74. The molecule has 0 bridgehead atoms. The van der Waals surface area contributed by atoms with Crippen molar-refractivity contribution in [3.05, 3.63) is 140 Å². The standard InChI is InChI=1S/C50H50N6O7S2/c1-29-19-35(13-17-40(29)63-41-18-14-36(24-51)20-30(41)2)21-42-47(60)56(49(62)65-42)26-34-9-7-32(8-10-34)22-43(58)54-45(50(4,5)6)48(61)55-27-38(57)23-39(55)46(59)52-25-33-11-15-37(16-12-33)44-31(3)53-28-64-44/h7-21,28,38-39,45,57H,22-23,25-27H2,1-6H3,(H,52,59)(H,54,58)/b42-21-/t38-,39+,45-/m1/s1. The maximum Gasteiger partial charge on any atom is 0.293 e. The molecule has 3 N–H and O–H groups in total. The number of aromatic nitrogens is 1. The summed E-state index contributed by atoms with van der Waals surface area (Å²) in [5.74, 6) is -0.397. The first-order chi connectivity index (χ1) is 31.0. The molecule has 1 aromatic heterocycles. The molecule has 5 amide bonds. The number of β-amino-alcohol motifs (C(OH)–C–C–N with tert-alkyl or cyclic N) is 1. The molecule has 334 valence electrons. The van der Waals surface area contributed by atoms with Gasteiger partial charge in [0, 0.05) is 19.5 Å². The van der Waals surface area contributed by atoms with Gasteiger partial charge in [-0.2, -0.15) is 5.26 Å². The summed E-state index contributed by atoms with van der Waals surface area (Å²) in [7, 11) is 0. The van der Waals surface area contributed by atoms with Crippen molar-refractivity contribution in [1.29, 1.82) is 5.26 Å². The average molecular weight is 911 g/mol. The number of thiazole rings is 1. The lowest BCUT2D eigenvalue weighted by molar-refractivity contribution is -0.144. The summed E-state index contributed by atoms with van der Waals surface area (Å²) >= 11 is 2.43. The van der Waals surface area contributed by atoms with E-state index in [4.69, 9.17) is 10.00 Å². The van der Waals surface area contributed by atoms with Crippen LogP contribution >= 0.6 is 23.1 Å². The van der Waals surface area contributed by atoms with Crippen LogP contribution in [-0.2, 0) is 38.7 Å². The van der Waals surface area contributed by atoms with Gasteiger partial charge in [-0.3, -0.25) is 28.9 Å². The Hall–Kier alpha value is -6.60. The molecule has 0 aliphatic carbocycles. The number of carbonyl (C=O) groups is 5. The largest absolute Gasteiger partial charge is 0.457 e. The second kappa shape index (κ2) is 19.6. The van der Waals surface area contributed by atoms with Gasteiger partial charge in [0.05, 0.1) is 51.7 Å². The van der Waals surface area contributed by atoms with Gasteiger partial charge in [0.15, 0.2) is 0 Å². The molecule has 2 fully saturated rings. The van der Waals surface area contributed by atoms with Gasteiger partial charge in [0.2, 0.25) is 17.7 Å². The maximum atomic E-state index is 14.1. The first-order valence-electron chi connectivity index (χ1n) is 21.1. The van der Waals surface area contributed by atoms with Crippen molar-refractivity contribution in [1.82, 2.24) is 25.4 Å². The van der Waals surface area contributed by atoms with E-state index in [1.807, 2.05) is 77.9 Å². The van der Waals surface area contributed by atoms with E-state index < -0.39 is 46.6 Å². The number of nitrogens with zero attached hydrogens (tertiary/aromatic N) is 4. The third kappa shape index (κ3) is 11.0. The Bertz CT molecular complexity index is 2720. The minimum Gasteiger partial charge on any atom is -0.457 e. The Morgan fingerprint density at radius 3 is 2.23 bits per heavy atom. The van der Waals surface area contributed by atoms with Crippen LogP contribution in [0.1, 0.15) is 71.8 Å². The molecular weight excluding hydrogens is 861 g/mol. The lowest BCUT2D eigenvalue weighted by atomic mass is 9.85. The molecule has 3 heterocycles. The molecular formula is C50H50N6O7S2. The molecule has 0 saturated carbocycles. The van der Waals surface area contributed by atoms with Gasteiger partial charge >= 0.3 is 0 Å². The predicted molar refractivity (Wildman–Crippen MR) is 250 cm³/mol. The Kier molecular flexibility index (Phi) is 14.0. The molecule has 3 atom stereocenters. The number of thioether (sulfide) groups is 1. The number of aliphatic hydroxyl groups is 1. The number of nitriles is 1. The third-order valence-corrected chi connectivity index (χ3v) is 13.2. The van der Waals surface area contributed by atoms with Crippen LogP contribution < -0.4 is 15.4 Å². The topological polar surface area (TPSA) is 182 Å². The molecule has 0 unspecified atom stereocenters. The number of aryl methyl sites for hydroxylation is 3. The summed E-state index contributed by atoms with van der Waals surface area (Å²) in [6.45, 7) is 11.5. The summed E-state index contributed by atoms with van der Waals surface area (Å²) in [6.07, 6.45) is 0.816. The van der Waals surface area contributed by atoms with Crippen molar-refractivity contribution in [3.8, 4) is 28.0 Å². The monoisotopic (exact) mass is 910 g/mol. The van der Waals surface area contributed by atoms with E-state index in [2.05, 4.69) is 21.7 Å². The van der Waals surface area contributed by atoms with Crippen molar-refractivity contribution in [2.24, 2.45) is 5.41 Å². The minimum atomic E-state index is -0.988.